The Kier molecular flexibility index (Phi) is 5.11. The van der Waals surface area contributed by atoms with E-state index in [1.165, 1.54) is 7.11 Å². The van der Waals surface area contributed by atoms with E-state index in [1.54, 1.807) is 0 Å². The van der Waals surface area contributed by atoms with E-state index in [-0.39, 0.29) is 17.0 Å². The number of amides is 1. The molecule has 0 saturated carbocycles. The summed E-state index contributed by atoms with van der Waals surface area (Å²) in [5, 5.41) is 33.9. The maximum Gasteiger partial charge on any atom is 0.311 e. The molecule has 0 aliphatic carbocycles. The minimum absolute atomic E-state index is 0.0950. The monoisotopic (exact) mass is 298 g/mol. The van der Waals surface area contributed by atoms with Gasteiger partial charge in [0, 0.05) is 16.6 Å². The van der Waals surface area contributed by atoms with Crippen molar-refractivity contribution in [3.63, 3.8) is 0 Å². The second-order valence-corrected chi connectivity index (χ2v) is 3.63. The lowest BCUT2D eigenvalue weighted by Gasteiger charge is -2.05. The Labute approximate surface area is 117 Å². The summed E-state index contributed by atoms with van der Waals surface area (Å²) in [5.74, 6) is -1.55. The topological polar surface area (TPSA) is 157 Å². The van der Waals surface area contributed by atoms with Crippen molar-refractivity contribution in [2.24, 2.45) is 5.10 Å². The standard InChI is InChI=1S/C10H10N4O7/c1-21-8-3-7(14(19)20)2-6(10(8)16)4-11-12-9(15)5-13(17)18/h2-4,16H,5H2,1H3,(H,12,15)/b11-4-. The van der Waals surface area contributed by atoms with Gasteiger partial charge in [-0.3, -0.25) is 25.0 Å². The van der Waals surface area contributed by atoms with Gasteiger partial charge in [-0.05, 0) is 0 Å². The summed E-state index contributed by atoms with van der Waals surface area (Å²) < 4.78 is 4.76. The third kappa shape index (κ3) is 4.41. The third-order valence-corrected chi connectivity index (χ3v) is 2.19. The average Bonchev–Trinajstić information content (AvgIpc) is 2.39. The Hall–Kier alpha value is -3.24. The second kappa shape index (κ2) is 6.79. The lowest BCUT2D eigenvalue weighted by molar-refractivity contribution is -0.467. The molecule has 1 aromatic rings. The molecule has 0 atom stereocenters. The van der Waals surface area contributed by atoms with Crippen LogP contribution < -0.4 is 10.2 Å². The number of nitro groups is 2. The number of phenols is 1. The normalized spacial score (nSPS) is 10.3. The number of hydrazone groups is 1. The van der Waals surface area contributed by atoms with Crippen LogP contribution in [0, 0.1) is 20.2 Å². The molecule has 1 amide bonds. The lowest BCUT2D eigenvalue weighted by Crippen LogP contribution is -2.25. The van der Waals surface area contributed by atoms with Crippen LogP contribution in [0.4, 0.5) is 5.69 Å². The Morgan fingerprint density at radius 3 is 2.67 bits per heavy atom. The first-order valence-corrected chi connectivity index (χ1v) is 5.34. The number of methoxy groups -OCH3 is 1. The van der Waals surface area contributed by atoms with E-state index >= 15 is 0 Å². The number of nitrogens with zero attached hydrogens (tertiary/aromatic N) is 3. The summed E-state index contributed by atoms with van der Waals surface area (Å²) in [6.45, 7) is -0.971. The highest BCUT2D eigenvalue weighted by Crippen LogP contribution is 2.33. The smallest absolute Gasteiger partial charge is 0.311 e. The average molecular weight is 298 g/mol. The number of nitrogens with one attached hydrogen (secondary N) is 1. The molecule has 0 aliphatic heterocycles. The number of phenolic OH excluding ortho intramolecular Hbond substituents is 1. The molecule has 0 radical (unpaired) electrons. The fraction of sp³-hybridized carbons (Fsp3) is 0.200. The van der Waals surface area contributed by atoms with Crippen molar-refractivity contribution in [1.29, 1.82) is 0 Å². The fourth-order valence-electron chi connectivity index (χ4n) is 1.30. The Balaban J connectivity index is 2.96. The van der Waals surface area contributed by atoms with Crippen LogP contribution in [0.15, 0.2) is 17.2 Å². The largest absolute Gasteiger partial charge is 0.504 e. The number of benzene rings is 1. The predicted octanol–water partition coefficient (Wildman–Crippen LogP) is 0.0358. The zero-order valence-electron chi connectivity index (χ0n) is 10.7. The zero-order chi connectivity index (χ0) is 16.0. The van der Waals surface area contributed by atoms with Gasteiger partial charge < -0.3 is 9.84 Å². The third-order valence-electron chi connectivity index (χ3n) is 2.19. The van der Waals surface area contributed by atoms with E-state index in [0.717, 1.165) is 18.3 Å². The van der Waals surface area contributed by atoms with Crippen molar-refractivity contribution in [2.75, 3.05) is 13.7 Å². The number of non-ortho nitro benzene ring substituents is 1. The molecule has 1 aromatic carbocycles. The van der Waals surface area contributed by atoms with Crippen molar-refractivity contribution in [2.45, 2.75) is 0 Å². The quantitative estimate of drug-likeness (QED) is 0.426. The molecular weight excluding hydrogens is 288 g/mol. The number of carbonyl (C=O) groups excluding carboxylic acids is 1. The van der Waals surface area contributed by atoms with E-state index in [0.29, 0.717) is 0 Å². The Morgan fingerprint density at radius 2 is 2.14 bits per heavy atom. The van der Waals surface area contributed by atoms with E-state index in [4.69, 9.17) is 4.74 Å². The van der Waals surface area contributed by atoms with Crippen LogP contribution in [0.25, 0.3) is 0 Å². The molecule has 1 rings (SSSR count). The highest BCUT2D eigenvalue weighted by molar-refractivity contribution is 5.87. The number of ether oxygens (including phenoxy) is 1. The van der Waals surface area contributed by atoms with Gasteiger partial charge in [0.2, 0.25) is 0 Å². The minimum atomic E-state index is -0.979. The molecule has 112 valence electrons. The molecule has 2 N–H and O–H groups in total. The number of hydrogen-bond donors (Lipinski definition) is 2. The molecule has 0 fully saturated rings. The van der Waals surface area contributed by atoms with E-state index in [1.807, 2.05) is 5.43 Å². The van der Waals surface area contributed by atoms with Crippen LogP contribution in [-0.2, 0) is 4.79 Å². The van der Waals surface area contributed by atoms with E-state index in [2.05, 4.69) is 5.10 Å². The number of rotatable bonds is 6. The molecule has 0 aliphatic rings. The molecule has 21 heavy (non-hydrogen) atoms. The first-order valence-electron chi connectivity index (χ1n) is 5.34. The van der Waals surface area contributed by atoms with Gasteiger partial charge in [-0.2, -0.15) is 5.10 Å². The van der Waals surface area contributed by atoms with Gasteiger partial charge in [0.15, 0.2) is 11.5 Å². The molecule has 11 nitrogen and oxygen atoms in total. The maximum atomic E-state index is 11.0. The van der Waals surface area contributed by atoms with E-state index in [9.17, 15) is 30.1 Å². The van der Waals surface area contributed by atoms with Gasteiger partial charge in [-0.25, -0.2) is 5.43 Å². The number of nitro benzene ring substituents is 1. The molecule has 0 bridgehead atoms. The minimum Gasteiger partial charge on any atom is -0.504 e. The van der Waals surface area contributed by atoms with Crippen LogP contribution in [0.1, 0.15) is 5.56 Å². The zero-order valence-corrected chi connectivity index (χ0v) is 10.7. The highest BCUT2D eigenvalue weighted by atomic mass is 16.6. The summed E-state index contributed by atoms with van der Waals surface area (Å²) >= 11 is 0. The van der Waals surface area contributed by atoms with Gasteiger partial charge in [-0.15, -0.1) is 0 Å². The summed E-state index contributed by atoms with van der Waals surface area (Å²) in [7, 11) is 1.21. The number of hydrogen-bond acceptors (Lipinski definition) is 8. The lowest BCUT2D eigenvalue weighted by atomic mass is 10.2. The van der Waals surface area contributed by atoms with E-state index < -0.39 is 28.0 Å². The van der Waals surface area contributed by atoms with Crippen LogP contribution in [0.3, 0.4) is 0 Å². The molecule has 0 heterocycles. The Bertz CT molecular complexity index is 614. The van der Waals surface area contributed by atoms with Gasteiger partial charge in [0.25, 0.3) is 12.2 Å². The molecule has 0 spiro atoms. The predicted molar refractivity (Wildman–Crippen MR) is 68.9 cm³/mol. The van der Waals surface area contributed by atoms with Crippen LogP contribution in [-0.4, -0.2) is 40.7 Å². The molecule has 0 unspecified atom stereocenters. The van der Waals surface area contributed by atoms with Crippen molar-refractivity contribution in [3.8, 4) is 11.5 Å². The molecule has 0 aromatic heterocycles. The van der Waals surface area contributed by atoms with Gasteiger partial charge in [-0.1, -0.05) is 0 Å². The second-order valence-electron chi connectivity index (χ2n) is 3.63. The first kappa shape index (κ1) is 15.8. The molecule has 11 heteroatoms. The maximum absolute atomic E-state index is 11.0. The first-order chi connectivity index (χ1) is 9.85. The Morgan fingerprint density at radius 1 is 1.48 bits per heavy atom. The highest BCUT2D eigenvalue weighted by Gasteiger charge is 2.16. The summed E-state index contributed by atoms with van der Waals surface area (Å²) in [5.41, 5.74) is 1.39. The molecule has 0 saturated heterocycles. The number of carbonyl (C=O) groups is 1. The van der Waals surface area contributed by atoms with Crippen molar-refractivity contribution in [1.82, 2.24) is 5.43 Å². The van der Waals surface area contributed by atoms with Crippen LogP contribution in [0.2, 0.25) is 0 Å². The van der Waals surface area contributed by atoms with Gasteiger partial charge in [0.05, 0.1) is 24.3 Å². The van der Waals surface area contributed by atoms with Crippen molar-refractivity contribution >= 4 is 17.8 Å². The number of aromatic hydroxyl groups is 1. The fourth-order valence-corrected chi connectivity index (χ4v) is 1.30. The summed E-state index contributed by atoms with van der Waals surface area (Å²) in [4.78, 5) is 30.2. The SMILES string of the molecule is COc1cc([N+](=O)[O-])cc(/C=N\NC(=O)C[N+](=O)[O-])c1O. The summed E-state index contributed by atoms with van der Waals surface area (Å²) in [6, 6.07) is 2.01. The van der Waals surface area contributed by atoms with Crippen LogP contribution >= 0.6 is 0 Å². The van der Waals surface area contributed by atoms with Gasteiger partial charge in [0.1, 0.15) is 0 Å². The van der Waals surface area contributed by atoms with Gasteiger partial charge >= 0.3 is 5.91 Å². The van der Waals surface area contributed by atoms with Crippen molar-refractivity contribution in [3.05, 3.63) is 37.9 Å². The van der Waals surface area contributed by atoms with Crippen LogP contribution in [0.5, 0.6) is 11.5 Å². The summed E-state index contributed by atoms with van der Waals surface area (Å²) in [6.07, 6.45) is 0.905. The van der Waals surface area contributed by atoms with Crippen molar-refractivity contribution < 1.29 is 24.5 Å². The molecular formula is C10H10N4O7.